The number of esters is 2. The van der Waals surface area contributed by atoms with Crippen molar-refractivity contribution in [2.24, 2.45) is 0 Å². The number of ether oxygens (including phenoxy) is 2. The van der Waals surface area contributed by atoms with Crippen LogP contribution in [0.15, 0.2) is 97.1 Å². The molecule has 10 nitrogen and oxygen atoms in total. The van der Waals surface area contributed by atoms with Crippen LogP contribution < -0.4 is 10.1 Å². The van der Waals surface area contributed by atoms with Gasteiger partial charge in [-0.15, -0.1) is 0 Å². The molecule has 2 N–H and O–H groups in total. The van der Waals surface area contributed by atoms with Crippen molar-refractivity contribution < 1.29 is 54.8 Å². The van der Waals surface area contributed by atoms with Crippen LogP contribution in [0.3, 0.4) is 0 Å². The molecule has 48 heavy (non-hydrogen) atoms. The molecule has 0 heterocycles. The molecule has 1 unspecified atom stereocenters. The van der Waals surface area contributed by atoms with Crippen LogP contribution in [-0.4, -0.2) is 41.5 Å². The van der Waals surface area contributed by atoms with E-state index in [0.717, 1.165) is 19.1 Å². The molecule has 0 radical (unpaired) electrons. The van der Waals surface area contributed by atoms with Crippen molar-refractivity contribution in [1.29, 1.82) is 0 Å². The number of carbonyl (C=O) groups is 5. The molecule has 1 amide bonds. The lowest BCUT2D eigenvalue weighted by Crippen LogP contribution is -2.48. The molecule has 0 saturated carbocycles. The van der Waals surface area contributed by atoms with Crippen molar-refractivity contribution >= 4 is 58.5 Å². The Labute approximate surface area is 285 Å². The number of amides is 1. The third-order valence-corrected chi connectivity index (χ3v) is 7.49. The number of anilines is 1. The second-order valence-electron chi connectivity index (χ2n) is 10.3. The lowest BCUT2D eigenvalue weighted by molar-refractivity contribution is -0.161. The maximum Gasteiger partial charge on any atom is 0.416 e. The fraction of sp³-hybridized carbons (Fsp3) is 0.147. The number of alkyl halides is 3. The molecule has 248 valence electrons. The van der Waals surface area contributed by atoms with Crippen molar-refractivity contribution in [3.8, 4) is 16.9 Å². The van der Waals surface area contributed by atoms with Gasteiger partial charge in [-0.3, -0.25) is 19.2 Å². The Morgan fingerprint density at radius 2 is 1.48 bits per heavy atom. The van der Waals surface area contributed by atoms with Gasteiger partial charge in [0.2, 0.25) is 5.41 Å². The van der Waals surface area contributed by atoms with Crippen LogP contribution in [0.1, 0.15) is 34.0 Å². The van der Waals surface area contributed by atoms with Gasteiger partial charge in [-0.1, -0.05) is 66.7 Å². The molecule has 0 spiro atoms. The number of nitrogens with one attached hydrogen (secondary N) is 1. The fourth-order valence-electron chi connectivity index (χ4n) is 4.71. The summed E-state index contributed by atoms with van der Waals surface area (Å²) in [6.07, 6.45) is -4.97. The van der Waals surface area contributed by atoms with Crippen LogP contribution in [0.5, 0.6) is 5.75 Å². The van der Waals surface area contributed by atoms with E-state index in [2.05, 4.69) is 5.32 Å². The molecule has 0 aliphatic heterocycles. The summed E-state index contributed by atoms with van der Waals surface area (Å²) < 4.78 is 54.4. The van der Waals surface area contributed by atoms with Gasteiger partial charge in [0.15, 0.2) is 28.8 Å². The maximum atomic E-state index is 13.4. The van der Waals surface area contributed by atoms with Crippen LogP contribution in [-0.2, 0) is 45.0 Å². The van der Waals surface area contributed by atoms with E-state index in [1.54, 1.807) is 24.3 Å². The van der Waals surface area contributed by atoms with Crippen molar-refractivity contribution in [3.63, 3.8) is 0 Å². The van der Waals surface area contributed by atoms with Crippen LogP contribution in [0.2, 0.25) is 0 Å². The van der Waals surface area contributed by atoms with Crippen LogP contribution in [0.4, 0.5) is 18.9 Å². The number of rotatable bonds is 11. The summed E-state index contributed by atoms with van der Waals surface area (Å²) in [6, 6.07) is 22.0. The Morgan fingerprint density at radius 3 is 2.08 bits per heavy atom. The van der Waals surface area contributed by atoms with Crippen LogP contribution >= 0.6 is 23.0 Å². The predicted molar refractivity (Wildman–Crippen MR) is 173 cm³/mol. The first kappa shape index (κ1) is 35.6. The molecular weight excluding hydrogens is 750 g/mol. The quantitative estimate of drug-likeness (QED) is 0.0750. The summed E-state index contributed by atoms with van der Waals surface area (Å²) in [4.78, 5) is 63.1. The molecule has 1 atom stereocenters. The van der Waals surface area contributed by atoms with Crippen molar-refractivity contribution in [3.05, 3.63) is 119 Å². The molecule has 4 aromatic rings. The van der Waals surface area contributed by atoms with E-state index >= 15 is 0 Å². The monoisotopic (exact) mass is 775 g/mol. The average molecular weight is 775 g/mol. The minimum Gasteiger partial charge on any atom is -0.480 e. The minimum atomic E-state index is -4.53. The second-order valence-corrected chi connectivity index (χ2v) is 10.7. The molecule has 0 bridgehead atoms. The predicted octanol–water partition coefficient (Wildman–Crippen LogP) is 6.55. The Bertz CT molecular complexity index is 1850. The number of benzene rings is 4. The molecule has 14 heteroatoms. The molecule has 4 aromatic carbocycles. The van der Waals surface area contributed by atoms with E-state index in [4.69, 9.17) is 12.5 Å². The maximum absolute atomic E-state index is 13.4. The van der Waals surface area contributed by atoms with Crippen molar-refractivity contribution in [2.45, 2.75) is 24.9 Å². The topological polar surface area (TPSA) is 145 Å². The zero-order chi connectivity index (χ0) is 35.1. The molecule has 0 fully saturated rings. The van der Waals surface area contributed by atoms with Crippen molar-refractivity contribution in [1.82, 2.24) is 0 Å². The zero-order valence-corrected chi connectivity index (χ0v) is 27.0. The third-order valence-electron chi connectivity index (χ3n) is 7.09. The van der Waals surface area contributed by atoms with Crippen LogP contribution in [0.25, 0.3) is 11.1 Å². The first-order valence-electron chi connectivity index (χ1n) is 13.9. The number of halogens is 4. The highest BCUT2D eigenvalue weighted by atomic mass is 127. The van der Waals surface area contributed by atoms with Gasteiger partial charge in [-0.25, -0.2) is 4.79 Å². The van der Waals surface area contributed by atoms with E-state index in [1.165, 1.54) is 83.7 Å². The summed E-state index contributed by atoms with van der Waals surface area (Å²) in [5, 5.41) is 12.6. The lowest BCUT2D eigenvalue weighted by atomic mass is 9.81. The fourth-order valence-corrected chi connectivity index (χ4v) is 5.08. The molecule has 0 aromatic heterocycles. The third kappa shape index (κ3) is 8.17. The summed E-state index contributed by atoms with van der Waals surface area (Å²) in [5.41, 5.74) is -2.06. The van der Waals surface area contributed by atoms with E-state index in [9.17, 15) is 42.3 Å². The van der Waals surface area contributed by atoms with Gasteiger partial charge >= 0.3 is 30.1 Å². The molecule has 0 aliphatic carbocycles. The van der Waals surface area contributed by atoms with Gasteiger partial charge in [0, 0.05) is 12.5 Å². The number of aliphatic carboxylic acids is 1. The molecule has 4 rings (SSSR count). The second kappa shape index (κ2) is 15.1. The summed E-state index contributed by atoms with van der Waals surface area (Å²) in [7, 11) is 0. The highest BCUT2D eigenvalue weighted by molar-refractivity contribution is 14.1. The van der Waals surface area contributed by atoms with Gasteiger partial charge in [-0.05, 0) is 52.6 Å². The summed E-state index contributed by atoms with van der Waals surface area (Å²) >= 11 is 1.25. The van der Waals surface area contributed by atoms with E-state index in [-0.39, 0.29) is 28.1 Å². The van der Waals surface area contributed by atoms with E-state index in [1.807, 2.05) is 0 Å². The largest absolute Gasteiger partial charge is 0.480 e. The van der Waals surface area contributed by atoms with E-state index in [0.29, 0.717) is 11.1 Å². The smallest absolute Gasteiger partial charge is 0.416 e. The number of hydrogen-bond donors (Lipinski definition) is 2. The number of carboxylic acids is 1. The van der Waals surface area contributed by atoms with Gasteiger partial charge < -0.3 is 23.0 Å². The first-order valence-corrected chi connectivity index (χ1v) is 14.8. The number of carboxylic acid groups (broad SMARTS) is 1. The lowest BCUT2D eigenvalue weighted by Gasteiger charge is -2.26. The first-order chi connectivity index (χ1) is 22.8. The SMILES string of the molecule is CC(=O)Oc1cc(CC(=O)OCC(C(=O)O)(C(=O)OI)c2ccccc2)ccc1NC(=O)c1ccccc1-c1ccc(C(F)(F)F)cc1. The summed E-state index contributed by atoms with van der Waals surface area (Å²) in [6.45, 7) is 0.240. The number of hydrogen-bond acceptors (Lipinski definition) is 8. The van der Waals surface area contributed by atoms with Gasteiger partial charge in [0.05, 0.1) is 17.7 Å². The standard InChI is InChI=1S/C34H25F3INO9/c1-20(40)47-28-17-21(18-29(41)46-19-33(31(43)44,32(45)48-38)23-7-3-2-4-8-23)11-16-27(28)39-30(42)26-10-6-5-9-25(26)22-12-14-24(15-13-22)34(35,36)37/h2-17H,18-19H2,1H3,(H,39,42)(H,43,44). The Morgan fingerprint density at radius 1 is 0.833 bits per heavy atom. The van der Waals surface area contributed by atoms with Gasteiger partial charge in [0.25, 0.3) is 5.91 Å². The zero-order valence-electron chi connectivity index (χ0n) is 24.9. The Balaban J connectivity index is 1.55. The Kier molecular flexibility index (Phi) is 11.2. The minimum absolute atomic E-state index is 0.0316. The molecule has 0 saturated heterocycles. The average Bonchev–Trinajstić information content (AvgIpc) is 3.05. The highest BCUT2D eigenvalue weighted by Gasteiger charge is 2.51. The van der Waals surface area contributed by atoms with Crippen molar-refractivity contribution in [2.75, 3.05) is 11.9 Å². The molecular formula is C34H25F3INO9. The van der Waals surface area contributed by atoms with Gasteiger partial charge in [-0.2, -0.15) is 13.2 Å². The van der Waals surface area contributed by atoms with Gasteiger partial charge in [0.1, 0.15) is 6.61 Å². The summed E-state index contributed by atoms with van der Waals surface area (Å²) in [5.74, 6) is -5.23. The number of carbonyl (C=O) groups excluding carboxylic acids is 4. The van der Waals surface area contributed by atoms with Crippen LogP contribution in [0, 0.1) is 0 Å². The normalized spacial score (nSPS) is 12.3. The van der Waals surface area contributed by atoms with E-state index < -0.39 is 60.0 Å². The Hall–Kier alpha value is -5.25. The highest BCUT2D eigenvalue weighted by Crippen LogP contribution is 2.33. The molecule has 0 aliphatic rings.